The zero-order valence-electron chi connectivity index (χ0n) is 12.0. The number of aromatic carboxylic acids is 1. The summed E-state index contributed by atoms with van der Waals surface area (Å²) < 4.78 is 5.23. The molecule has 0 unspecified atom stereocenters. The molecule has 0 bridgehead atoms. The Balaban J connectivity index is 2.01. The lowest BCUT2D eigenvalue weighted by molar-refractivity contribution is -0.132. The van der Waals surface area contributed by atoms with Crippen LogP contribution >= 0.6 is 0 Å². The number of carbonyl (C=O) groups is 3. The van der Waals surface area contributed by atoms with Crippen LogP contribution in [0.1, 0.15) is 33.6 Å². The van der Waals surface area contributed by atoms with E-state index in [9.17, 15) is 14.4 Å². The van der Waals surface area contributed by atoms with Crippen molar-refractivity contribution in [3.8, 4) is 0 Å². The maximum atomic E-state index is 12.1. The van der Waals surface area contributed by atoms with Gasteiger partial charge in [-0.05, 0) is 37.1 Å². The smallest absolute Gasteiger partial charge is 0.335 e. The second-order valence-electron chi connectivity index (χ2n) is 5.32. The molecule has 7 nitrogen and oxygen atoms in total. The molecule has 0 atom stereocenters. The fourth-order valence-corrected chi connectivity index (χ4v) is 2.39. The summed E-state index contributed by atoms with van der Waals surface area (Å²) in [5.41, 5.74) is 5.12. The van der Waals surface area contributed by atoms with Gasteiger partial charge in [-0.15, -0.1) is 0 Å². The van der Waals surface area contributed by atoms with E-state index in [1.807, 2.05) is 0 Å². The zero-order chi connectivity index (χ0) is 16.2. The normalized spacial score (nSPS) is 16.7. The summed E-state index contributed by atoms with van der Waals surface area (Å²) in [4.78, 5) is 34.6. The lowest BCUT2D eigenvalue weighted by Gasteiger charge is -2.34. The minimum absolute atomic E-state index is 0.106. The fraction of sp³-hybridized carbons (Fsp3) is 0.400. The van der Waals surface area contributed by atoms with E-state index < -0.39 is 17.3 Å². The summed E-state index contributed by atoms with van der Waals surface area (Å²) in [6, 6.07) is 5.57. The number of ether oxygens (including phenoxy) is 1. The Hall–Kier alpha value is -2.41. The quantitative estimate of drug-likeness (QED) is 0.727. The molecule has 1 fully saturated rings. The van der Waals surface area contributed by atoms with Gasteiger partial charge in [-0.2, -0.15) is 0 Å². The number of hydrogen-bond acceptors (Lipinski definition) is 4. The molecule has 0 aromatic heterocycles. The Kier molecular flexibility index (Phi) is 4.77. The third-order valence-electron chi connectivity index (χ3n) is 3.95. The molecule has 1 aliphatic heterocycles. The Morgan fingerprint density at radius 2 is 1.68 bits per heavy atom. The van der Waals surface area contributed by atoms with Crippen molar-refractivity contribution in [2.24, 2.45) is 11.1 Å². The molecule has 1 aromatic carbocycles. The van der Waals surface area contributed by atoms with Crippen molar-refractivity contribution in [1.29, 1.82) is 0 Å². The highest BCUT2D eigenvalue weighted by atomic mass is 16.5. The predicted molar refractivity (Wildman–Crippen MR) is 77.4 cm³/mol. The topological polar surface area (TPSA) is 119 Å². The summed E-state index contributed by atoms with van der Waals surface area (Å²) in [6.45, 7) is 1.02. The van der Waals surface area contributed by atoms with Gasteiger partial charge < -0.3 is 20.9 Å². The Morgan fingerprint density at radius 1 is 1.14 bits per heavy atom. The highest BCUT2D eigenvalue weighted by molar-refractivity contribution is 5.96. The van der Waals surface area contributed by atoms with Gasteiger partial charge >= 0.3 is 5.97 Å². The van der Waals surface area contributed by atoms with Gasteiger partial charge in [0.1, 0.15) is 0 Å². The molecule has 1 saturated heterocycles. The average Bonchev–Trinajstić information content (AvgIpc) is 2.53. The molecule has 2 amide bonds. The third-order valence-corrected chi connectivity index (χ3v) is 3.95. The van der Waals surface area contributed by atoms with Gasteiger partial charge in [0, 0.05) is 25.3 Å². The van der Waals surface area contributed by atoms with Crippen LogP contribution in [0.2, 0.25) is 0 Å². The molecular formula is C15H18N2O5. The van der Waals surface area contributed by atoms with E-state index in [1.54, 1.807) is 0 Å². The van der Waals surface area contributed by atoms with E-state index in [4.69, 9.17) is 15.6 Å². The molecule has 0 radical (unpaired) electrons. The molecule has 1 aliphatic rings. The van der Waals surface area contributed by atoms with Gasteiger partial charge in [0.2, 0.25) is 5.91 Å². The molecule has 7 heteroatoms. The standard InChI is InChI=1S/C15H18N2O5/c16-14(21)15(5-7-22-8-6-15)9-17-12(18)10-1-3-11(4-2-10)13(19)20/h1-4H,5-9H2,(H2,16,21)(H,17,18)(H,19,20). The first-order valence-corrected chi connectivity index (χ1v) is 6.94. The molecule has 2 rings (SSSR count). The molecule has 4 N–H and O–H groups in total. The van der Waals surface area contributed by atoms with Crippen molar-refractivity contribution in [2.75, 3.05) is 19.8 Å². The van der Waals surface area contributed by atoms with Gasteiger partial charge in [0.25, 0.3) is 5.91 Å². The van der Waals surface area contributed by atoms with Crippen molar-refractivity contribution < 1.29 is 24.2 Å². The number of benzene rings is 1. The molecular weight excluding hydrogens is 288 g/mol. The first-order chi connectivity index (χ1) is 10.4. The zero-order valence-corrected chi connectivity index (χ0v) is 12.0. The maximum absolute atomic E-state index is 12.1. The van der Waals surface area contributed by atoms with E-state index in [0.29, 0.717) is 31.6 Å². The van der Waals surface area contributed by atoms with Crippen LogP contribution in [-0.2, 0) is 9.53 Å². The number of nitrogens with two attached hydrogens (primary N) is 1. The van der Waals surface area contributed by atoms with Crippen LogP contribution in [0.3, 0.4) is 0 Å². The number of hydrogen-bond donors (Lipinski definition) is 3. The summed E-state index contributed by atoms with van der Waals surface area (Å²) in [6.07, 6.45) is 0.946. The van der Waals surface area contributed by atoms with Crippen LogP contribution in [0.15, 0.2) is 24.3 Å². The number of primary amides is 1. The molecule has 1 aromatic rings. The Labute approximate surface area is 127 Å². The highest BCUT2D eigenvalue weighted by Gasteiger charge is 2.38. The van der Waals surface area contributed by atoms with E-state index in [0.717, 1.165) is 0 Å². The van der Waals surface area contributed by atoms with Gasteiger partial charge in [-0.3, -0.25) is 9.59 Å². The van der Waals surface area contributed by atoms with E-state index in [-0.39, 0.29) is 18.0 Å². The predicted octanol–water partition coefficient (Wildman–Crippen LogP) is 0.397. The number of rotatable bonds is 5. The van der Waals surface area contributed by atoms with Gasteiger partial charge in [0.05, 0.1) is 11.0 Å². The van der Waals surface area contributed by atoms with Crippen molar-refractivity contribution in [3.05, 3.63) is 35.4 Å². The van der Waals surface area contributed by atoms with Crippen molar-refractivity contribution in [1.82, 2.24) is 5.32 Å². The van der Waals surface area contributed by atoms with Crippen molar-refractivity contribution in [3.63, 3.8) is 0 Å². The Morgan fingerprint density at radius 3 is 2.18 bits per heavy atom. The monoisotopic (exact) mass is 306 g/mol. The molecule has 0 saturated carbocycles. The number of carboxylic acid groups (broad SMARTS) is 1. The van der Waals surface area contributed by atoms with Crippen LogP contribution in [0.5, 0.6) is 0 Å². The molecule has 118 valence electrons. The van der Waals surface area contributed by atoms with Gasteiger partial charge in [-0.1, -0.05) is 0 Å². The van der Waals surface area contributed by atoms with Crippen LogP contribution in [0.25, 0.3) is 0 Å². The fourth-order valence-electron chi connectivity index (χ4n) is 2.39. The lowest BCUT2D eigenvalue weighted by atomic mass is 9.79. The summed E-state index contributed by atoms with van der Waals surface area (Å²) in [7, 11) is 0. The minimum Gasteiger partial charge on any atom is -0.478 e. The third kappa shape index (κ3) is 3.43. The molecule has 1 heterocycles. The molecule has 0 aliphatic carbocycles. The van der Waals surface area contributed by atoms with Crippen LogP contribution in [-0.4, -0.2) is 42.6 Å². The number of nitrogens with one attached hydrogen (secondary N) is 1. The van der Waals surface area contributed by atoms with Crippen molar-refractivity contribution >= 4 is 17.8 Å². The largest absolute Gasteiger partial charge is 0.478 e. The van der Waals surface area contributed by atoms with Gasteiger partial charge in [0.15, 0.2) is 0 Å². The van der Waals surface area contributed by atoms with Crippen molar-refractivity contribution in [2.45, 2.75) is 12.8 Å². The maximum Gasteiger partial charge on any atom is 0.335 e. The first-order valence-electron chi connectivity index (χ1n) is 6.94. The second kappa shape index (κ2) is 6.57. The van der Waals surface area contributed by atoms with Crippen LogP contribution < -0.4 is 11.1 Å². The van der Waals surface area contributed by atoms with E-state index in [1.165, 1.54) is 24.3 Å². The van der Waals surface area contributed by atoms with Crippen LogP contribution in [0.4, 0.5) is 0 Å². The number of carboxylic acids is 1. The number of carbonyl (C=O) groups excluding carboxylic acids is 2. The summed E-state index contributed by atoms with van der Waals surface area (Å²) in [5, 5.41) is 11.5. The lowest BCUT2D eigenvalue weighted by Crippen LogP contribution is -2.49. The molecule has 0 spiro atoms. The highest BCUT2D eigenvalue weighted by Crippen LogP contribution is 2.29. The minimum atomic E-state index is -1.05. The van der Waals surface area contributed by atoms with Crippen LogP contribution in [0, 0.1) is 5.41 Å². The van der Waals surface area contributed by atoms with E-state index in [2.05, 4.69) is 5.32 Å². The summed E-state index contributed by atoms with van der Waals surface area (Å²) in [5.74, 6) is -1.87. The Bertz CT molecular complexity index is 576. The SMILES string of the molecule is NC(=O)C1(CNC(=O)c2ccc(C(=O)O)cc2)CCOCC1. The second-order valence-corrected chi connectivity index (χ2v) is 5.32. The summed E-state index contributed by atoms with van der Waals surface area (Å²) >= 11 is 0. The van der Waals surface area contributed by atoms with E-state index >= 15 is 0 Å². The number of amides is 2. The first kappa shape index (κ1) is 16.0. The average molecular weight is 306 g/mol. The van der Waals surface area contributed by atoms with Gasteiger partial charge in [-0.25, -0.2) is 4.79 Å². The molecule has 22 heavy (non-hydrogen) atoms.